The molecule has 0 aliphatic rings. The summed E-state index contributed by atoms with van der Waals surface area (Å²) in [6, 6.07) is 7.17. The molecule has 2 rings (SSSR count). The minimum Gasteiger partial charge on any atom is -0.480 e. The van der Waals surface area contributed by atoms with Crippen molar-refractivity contribution in [3.05, 3.63) is 36.0 Å². The zero-order valence-corrected chi connectivity index (χ0v) is 8.81. The van der Waals surface area contributed by atoms with Crippen molar-refractivity contribution in [2.24, 2.45) is 5.73 Å². The van der Waals surface area contributed by atoms with Crippen molar-refractivity contribution in [1.29, 1.82) is 0 Å². The summed E-state index contributed by atoms with van der Waals surface area (Å²) in [5.41, 5.74) is 7.68. The number of rotatable bonds is 4. The zero-order chi connectivity index (χ0) is 11.5. The first-order chi connectivity index (χ1) is 7.68. The number of hydrogen-bond acceptors (Lipinski definition) is 2. The molecule has 0 bridgehead atoms. The maximum atomic E-state index is 10.6. The van der Waals surface area contributed by atoms with E-state index in [1.165, 1.54) is 0 Å². The van der Waals surface area contributed by atoms with Crippen LogP contribution in [0.3, 0.4) is 0 Å². The van der Waals surface area contributed by atoms with Crippen molar-refractivity contribution >= 4 is 16.9 Å². The quantitative estimate of drug-likeness (QED) is 0.727. The summed E-state index contributed by atoms with van der Waals surface area (Å²) in [5, 5.41) is 9.84. The standard InChI is InChI=1S/C12H14N2O2/c13-10(12(15)16)5-4-8-2-1-3-11-9(8)6-7-14-11/h1-3,6-7,10,14H,4-5,13H2,(H,15,16)/t10-/m0/s1. The Morgan fingerprint density at radius 1 is 1.44 bits per heavy atom. The van der Waals surface area contributed by atoms with Crippen LogP contribution in [0.4, 0.5) is 0 Å². The first kappa shape index (κ1) is 10.7. The van der Waals surface area contributed by atoms with Gasteiger partial charge in [0.25, 0.3) is 0 Å². The molecule has 0 saturated heterocycles. The third-order valence-electron chi connectivity index (χ3n) is 2.73. The van der Waals surface area contributed by atoms with Crippen LogP contribution in [-0.2, 0) is 11.2 Å². The Balaban J connectivity index is 2.15. The lowest BCUT2D eigenvalue weighted by molar-refractivity contribution is -0.138. The molecule has 4 heteroatoms. The molecular weight excluding hydrogens is 204 g/mol. The molecule has 0 unspecified atom stereocenters. The molecule has 1 aromatic heterocycles. The Morgan fingerprint density at radius 3 is 3.00 bits per heavy atom. The van der Waals surface area contributed by atoms with Crippen LogP contribution in [0, 0.1) is 0 Å². The summed E-state index contributed by atoms with van der Waals surface area (Å²) in [7, 11) is 0. The van der Waals surface area contributed by atoms with Gasteiger partial charge in [0.1, 0.15) is 6.04 Å². The van der Waals surface area contributed by atoms with E-state index in [1.807, 2.05) is 30.5 Å². The van der Waals surface area contributed by atoms with Crippen molar-refractivity contribution in [1.82, 2.24) is 4.98 Å². The van der Waals surface area contributed by atoms with Crippen LogP contribution in [0.25, 0.3) is 10.9 Å². The van der Waals surface area contributed by atoms with Gasteiger partial charge in [-0.1, -0.05) is 12.1 Å². The summed E-state index contributed by atoms with van der Waals surface area (Å²) in [5.74, 6) is -0.943. The smallest absolute Gasteiger partial charge is 0.320 e. The second kappa shape index (κ2) is 4.37. The average Bonchev–Trinajstić information content (AvgIpc) is 2.73. The molecule has 0 amide bonds. The van der Waals surface area contributed by atoms with Gasteiger partial charge in [-0.3, -0.25) is 4.79 Å². The normalized spacial score (nSPS) is 12.8. The highest BCUT2D eigenvalue weighted by Gasteiger charge is 2.11. The van der Waals surface area contributed by atoms with E-state index < -0.39 is 12.0 Å². The average molecular weight is 218 g/mol. The lowest BCUT2D eigenvalue weighted by atomic mass is 10.0. The number of nitrogens with two attached hydrogens (primary N) is 1. The topological polar surface area (TPSA) is 79.1 Å². The van der Waals surface area contributed by atoms with E-state index in [-0.39, 0.29) is 0 Å². The number of carboxylic acids is 1. The third kappa shape index (κ3) is 2.06. The van der Waals surface area contributed by atoms with E-state index in [4.69, 9.17) is 10.8 Å². The summed E-state index contributed by atoms with van der Waals surface area (Å²) in [4.78, 5) is 13.7. The van der Waals surface area contributed by atoms with Crippen molar-refractivity contribution in [2.75, 3.05) is 0 Å². The fourth-order valence-electron chi connectivity index (χ4n) is 1.80. The van der Waals surface area contributed by atoms with Crippen molar-refractivity contribution < 1.29 is 9.90 Å². The zero-order valence-electron chi connectivity index (χ0n) is 8.81. The van der Waals surface area contributed by atoms with Gasteiger partial charge in [0.2, 0.25) is 0 Å². The monoisotopic (exact) mass is 218 g/mol. The number of benzene rings is 1. The molecule has 1 heterocycles. The molecule has 16 heavy (non-hydrogen) atoms. The Bertz CT molecular complexity index is 504. The molecule has 0 spiro atoms. The van der Waals surface area contributed by atoms with Crippen LogP contribution in [0.15, 0.2) is 30.5 Å². The fraction of sp³-hybridized carbons (Fsp3) is 0.250. The van der Waals surface area contributed by atoms with Crippen LogP contribution in [-0.4, -0.2) is 22.1 Å². The number of nitrogens with one attached hydrogen (secondary N) is 1. The Kier molecular flexibility index (Phi) is 2.92. The molecule has 1 aromatic carbocycles. The van der Waals surface area contributed by atoms with Crippen LogP contribution in [0.5, 0.6) is 0 Å². The maximum Gasteiger partial charge on any atom is 0.320 e. The fourth-order valence-corrected chi connectivity index (χ4v) is 1.80. The van der Waals surface area contributed by atoms with E-state index in [2.05, 4.69) is 4.98 Å². The molecule has 0 aliphatic carbocycles. The molecular formula is C12H14N2O2. The van der Waals surface area contributed by atoms with Crippen molar-refractivity contribution in [3.8, 4) is 0 Å². The number of aromatic nitrogens is 1. The molecule has 0 fully saturated rings. The van der Waals surface area contributed by atoms with Crippen LogP contribution in [0.1, 0.15) is 12.0 Å². The summed E-state index contributed by atoms with van der Waals surface area (Å²) < 4.78 is 0. The molecule has 0 radical (unpaired) electrons. The first-order valence-electron chi connectivity index (χ1n) is 5.22. The van der Waals surface area contributed by atoms with Gasteiger partial charge in [0, 0.05) is 17.1 Å². The Morgan fingerprint density at radius 2 is 2.25 bits per heavy atom. The summed E-state index contributed by atoms with van der Waals surface area (Å²) >= 11 is 0. The maximum absolute atomic E-state index is 10.6. The molecule has 84 valence electrons. The van der Waals surface area contributed by atoms with Crippen LogP contribution in [0.2, 0.25) is 0 Å². The number of aromatic amines is 1. The minimum absolute atomic E-state index is 0.458. The highest BCUT2D eigenvalue weighted by atomic mass is 16.4. The Hall–Kier alpha value is -1.81. The number of carboxylic acid groups (broad SMARTS) is 1. The first-order valence-corrected chi connectivity index (χ1v) is 5.22. The third-order valence-corrected chi connectivity index (χ3v) is 2.73. The number of aryl methyl sites for hydroxylation is 1. The Labute approximate surface area is 93.1 Å². The highest BCUT2D eigenvalue weighted by molar-refractivity contribution is 5.83. The second-order valence-electron chi connectivity index (χ2n) is 3.84. The second-order valence-corrected chi connectivity index (χ2v) is 3.84. The van der Waals surface area contributed by atoms with Gasteiger partial charge in [-0.15, -0.1) is 0 Å². The number of carbonyl (C=O) groups is 1. The molecule has 0 saturated carbocycles. The SMILES string of the molecule is N[C@@H](CCc1cccc2[nH]ccc12)C(=O)O. The predicted molar refractivity (Wildman–Crippen MR) is 62.2 cm³/mol. The van der Waals surface area contributed by atoms with Gasteiger partial charge in [0.05, 0.1) is 0 Å². The van der Waals surface area contributed by atoms with E-state index in [0.29, 0.717) is 12.8 Å². The predicted octanol–water partition coefficient (Wildman–Crippen LogP) is 1.51. The van der Waals surface area contributed by atoms with Crippen molar-refractivity contribution in [2.45, 2.75) is 18.9 Å². The molecule has 2 aromatic rings. The summed E-state index contributed by atoms with van der Waals surface area (Å²) in [6.45, 7) is 0. The number of hydrogen-bond donors (Lipinski definition) is 3. The van der Waals surface area contributed by atoms with Gasteiger partial charge < -0.3 is 15.8 Å². The van der Waals surface area contributed by atoms with E-state index in [0.717, 1.165) is 16.5 Å². The van der Waals surface area contributed by atoms with E-state index in [9.17, 15) is 4.79 Å². The minimum atomic E-state index is -0.943. The lowest BCUT2D eigenvalue weighted by Crippen LogP contribution is -2.30. The van der Waals surface area contributed by atoms with E-state index in [1.54, 1.807) is 0 Å². The van der Waals surface area contributed by atoms with Crippen LogP contribution < -0.4 is 5.73 Å². The molecule has 1 atom stereocenters. The number of aliphatic carboxylic acids is 1. The van der Waals surface area contributed by atoms with Gasteiger partial charge in [0.15, 0.2) is 0 Å². The van der Waals surface area contributed by atoms with Gasteiger partial charge in [-0.25, -0.2) is 0 Å². The molecule has 0 aliphatic heterocycles. The van der Waals surface area contributed by atoms with Crippen LogP contribution >= 0.6 is 0 Å². The van der Waals surface area contributed by atoms with E-state index >= 15 is 0 Å². The number of H-pyrrole nitrogens is 1. The summed E-state index contributed by atoms with van der Waals surface area (Å²) in [6.07, 6.45) is 3.02. The molecule has 4 N–H and O–H groups in total. The number of fused-ring (bicyclic) bond motifs is 1. The van der Waals surface area contributed by atoms with Gasteiger partial charge >= 0.3 is 5.97 Å². The van der Waals surface area contributed by atoms with Gasteiger partial charge in [-0.05, 0) is 30.5 Å². The largest absolute Gasteiger partial charge is 0.480 e. The lowest BCUT2D eigenvalue weighted by Gasteiger charge is -2.07. The van der Waals surface area contributed by atoms with Crippen molar-refractivity contribution in [3.63, 3.8) is 0 Å². The highest BCUT2D eigenvalue weighted by Crippen LogP contribution is 2.18. The molecule has 4 nitrogen and oxygen atoms in total. The van der Waals surface area contributed by atoms with Gasteiger partial charge in [-0.2, -0.15) is 0 Å².